The maximum Gasteiger partial charge on any atom is 0.242 e. The van der Waals surface area contributed by atoms with E-state index >= 15 is 0 Å². The standard InChI is InChI=1S/C24H33N3O4S/c1-4-25-24(29)20(2)27(19-17-21-12-7-5-8-13-21)23(28)16-11-18-26(3)32(30,31)22-14-9-6-10-15-22/h5-10,12-15,20H,4,11,16-19H2,1-3H3,(H,25,29)/t20-/m0/s1. The summed E-state index contributed by atoms with van der Waals surface area (Å²) < 4.78 is 26.6. The van der Waals surface area contributed by atoms with Crippen LogP contribution < -0.4 is 5.32 Å². The van der Waals surface area contributed by atoms with E-state index in [4.69, 9.17) is 0 Å². The first-order valence-electron chi connectivity index (χ1n) is 10.9. The highest BCUT2D eigenvalue weighted by molar-refractivity contribution is 7.89. The molecule has 0 unspecified atom stereocenters. The average Bonchev–Trinajstić information content (AvgIpc) is 2.80. The number of nitrogens with one attached hydrogen (secondary N) is 1. The molecule has 7 nitrogen and oxygen atoms in total. The van der Waals surface area contributed by atoms with Crippen LogP contribution in [-0.4, -0.2) is 62.2 Å². The Kier molecular flexibility index (Phi) is 9.87. The molecular formula is C24H33N3O4S. The minimum absolute atomic E-state index is 0.160. The van der Waals surface area contributed by atoms with Gasteiger partial charge in [0.2, 0.25) is 21.8 Å². The second-order valence-corrected chi connectivity index (χ2v) is 9.68. The number of carbonyl (C=O) groups excluding carboxylic acids is 2. The van der Waals surface area contributed by atoms with E-state index < -0.39 is 16.1 Å². The summed E-state index contributed by atoms with van der Waals surface area (Å²) in [7, 11) is -2.09. The lowest BCUT2D eigenvalue weighted by molar-refractivity contribution is -0.140. The largest absolute Gasteiger partial charge is 0.355 e. The predicted molar refractivity (Wildman–Crippen MR) is 125 cm³/mol. The first-order chi connectivity index (χ1) is 15.3. The van der Waals surface area contributed by atoms with Crippen molar-refractivity contribution in [1.82, 2.24) is 14.5 Å². The Morgan fingerprint density at radius 2 is 1.56 bits per heavy atom. The van der Waals surface area contributed by atoms with Gasteiger partial charge >= 0.3 is 0 Å². The van der Waals surface area contributed by atoms with Gasteiger partial charge in [-0.2, -0.15) is 0 Å². The number of hydrogen-bond acceptors (Lipinski definition) is 4. The van der Waals surface area contributed by atoms with Crippen molar-refractivity contribution in [2.75, 3.05) is 26.7 Å². The molecule has 0 saturated carbocycles. The highest BCUT2D eigenvalue weighted by Crippen LogP contribution is 2.15. The molecule has 0 fully saturated rings. The fourth-order valence-corrected chi connectivity index (χ4v) is 4.61. The summed E-state index contributed by atoms with van der Waals surface area (Å²) in [6.45, 7) is 4.68. The van der Waals surface area contributed by atoms with Crippen LogP contribution in [0.5, 0.6) is 0 Å². The monoisotopic (exact) mass is 459 g/mol. The van der Waals surface area contributed by atoms with E-state index in [0.29, 0.717) is 25.9 Å². The molecule has 174 valence electrons. The zero-order valence-electron chi connectivity index (χ0n) is 19.0. The van der Waals surface area contributed by atoms with Crippen LogP contribution in [0.4, 0.5) is 0 Å². The molecule has 0 aliphatic carbocycles. The second-order valence-electron chi connectivity index (χ2n) is 7.64. The SMILES string of the molecule is CCNC(=O)[C@H](C)N(CCc1ccccc1)C(=O)CCCN(C)S(=O)(=O)c1ccccc1. The van der Waals surface area contributed by atoms with E-state index in [9.17, 15) is 18.0 Å². The van der Waals surface area contributed by atoms with E-state index in [2.05, 4.69) is 5.32 Å². The number of hydrogen-bond donors (Lipinski definition) is 1. The van der Waals surface area contributed by atoms with Gasteiger partial charge in [-0.15, -0.1) is 0 Å². The second kappa shape index (κ2) is 12.4. The third-order valence-corrected chi connectivity index (χ3v) is 7.19. The summed E-state index contributed by atoms with van der Waals surface area (Å²) in [4.78, 5) is 27.2. The predicted octanol–water partition coefficient (Wildman–Crippen LogP) is 2.68. The van der Waals surface area contributed by atoms with Gasteiger partial charge in [-0.1, -0.05) is 48.5 Å². The fraction of sp³-hybridized carbons (Fsp3) is 0.417. The molecule has 2 amide bonds. The molecule has 2 rings (SSSR count). The van der Waals surface area contributed by atoms with Crippen molar-refractivity contribution < 1.29 is 18.0 Å². The minimum atomic E-state index is -3.60. The van der Waals surface area contributed by atoms with Gasteiger partial charge in [0.1, 0.15) is 6.04 Å². The lowest BCUT2D eigenvalue weighted by atomic mass is 10.1. The van der Waals surface area contributed by atoms with Crippen LogP contribution in [-0.2, 0) is 26.0 Å². The Morgan fingerprint density at radius 1 is 0.969 bits per heavy atom. The summed E-state index contributed by atoms with van der Waals surface area (Å²) in [6.07, 6.45) is 1.16. The first-order valence-corrected chi connectivity index (χ1v) is 12.3. The molecule has 0 spiro atoms. The van der Waals surface area contributed by atoms with Crippen LogP contribution in [0.3, 0.4) is 0 Å². The van der Waals surface area contributed by atoms with E-state index in [1.165, 1.54) is 11.4 Å². The molecule has 0 aromatic heterocycles. The zero-order chi connectivity index (χ0) is 23.6. The van der Waals surface area contributed by atoms with Gasteiger partial charge in [-0.05, 0) is 44.4 Å². The molecule has 2 aromatic carbocycles. The molecular weight excluding hydrogens is 426 g/mol. The number of carbonyl (C=O) groups is 2. The van der Waals surface area contributed by atoms with Crippen molar-refractivity contribution in [2.45, 2.75) is 44.0 Å². The molecule has 0 bridgehead atoms. The van der Waals surface area contributed by atoms with Crippen LogP contribution >= 0.6 is 0 Å². The van der Waals surface area contributed by atoms with E-state index in [-0.39, 0.29) is 29.7 Å². The third-order valence-electron chi connectivity index (χ3n) is 5.32. The zero-order valence-corrected chi connectivity index (χ0v) is 19.8. The quantitative estimate of drug-likeness (QED) is 0.529. The molecule has 0 heterocycles. The number of benzene rings is 2. The maximum absolute atomic E-state index is 13.0. The lowest BCUT2D eigenvalue weighted by Gasteiger charge is -2.29. The van der Waals surface area contributed by atoms with Gasteiger partial charge in [-0.3, -0.25) is 9.59 Å². The molecule has 1 atom stereocenters. The van der Waals surface area contributed by atoms with Crippen molar-refractivity contribution in [1.29, 1.82) is 0 Å². The molecule has 1 N–H and O–H groups in total. The summed E-state index contributed by atoms with van der Waals surface area (Å²) >= 11 is 0. The highest BCUT2D eigenvalue weighted by atomic mass is 32.2. The Bertz CT molecular complexity index is 965. The Morgan fingerprint density at radius 3 is 2.16 bits per heavy atom. The molecule has 2 aromatic rings. The van der Waals surface area contributed by atoms with Gasteiger partial charge in [0.05, 0.1) is 4.90 Å². The normalized spacial score (nSPS) is 12.4. The summed E-state index contributed by atoms with van der Waals surface area (Å²) in [6, 6.07) is 17.4. The van der Waals surface area contributed by atoms with E-state index in [0.717, 1.165) is 5.56 Å². The van der Waals surface area contributed by atoms with Crippen LogP contribution in [0.25, 0.3) is 0 Å². The molecule has 0 saturated heterocycles. The summed E-state index contributed by atoms with van der Waals surface area (Å²) in [5.41, 5.74) is 1.09. The maximum atomic E-state index is 13.0. The lowest BCUT2D eigenvalue weighted by Crippen LogP contribution is -2.48. The van der Waals surface area contributed by atoms with Crippen molar-refractivity contribution in [3.8, 4) is 0 Å². The van der Waals surface area contributed by atoms with Gasteiger partial charge in [-0.25, -0.2) is 12.7 Å². The number of sulfonamides is 1. The Hall–Kier alpha value is -2.71. The number of rotatable bonds is 12. The van der Waals surface area contributed by atoms with Crippen molar-refractivity contribution >= 4 is 21.8 Å². The molecule has 0 radical (unpaired) electrons. The first kappa shape index (κ1) is 25.5. The van der Waals surface area contributed by atoms with Gasteiger partial charge in [0.15, 0.2) is 0 Å². The third kappa shape index (κ3) is 7.17. The van der Waals surface area contributed by atoms with Crippen molar-refractivity contribution in [3.63, 3.8) is 0 Å². The van der Waals surface area contributed by atoms with Crippen LogP contribution in [0, 0.1) is 0 Å². The molecule has 32 heavy (non-hydrogen) atoms. The fourth-order valence-electron chi connectivity index (χ4n) is 3.38. The Balaban J connectivity index is 1.99. The molecule has 0 aliphatic rings. The summed E-state index contributed by atoms with van der Waals surface area (Å²) in [5.74, 6) is -0.358. The number of likely N-dealkylation sites (N-methyl/N-ethyl adjacent to an activating group) is 1. The van der Waals surface area contributed by atoms with Gasteiger partial charge < -0.3 is 10.2 Å². The van der Waals surface area contributed by atoms with Crippen LogP contribution in [0.15, 0.2) is 65.6 Å². The highest BCUT2D eigenvalue weighted by Gasteiger charge is 2.26. The van der Waals surface area contributed by atoms with E-state index in [1.54, 1.807) is 42.2 Å². The van der Waals surface area contributed by atoms with Crippen molar-refractivity contribution in [3.05, 3.63) is 66.2 Å². The number of amides is 2. The molecule has 0 aliphatic heterocycles. The van der Waals surface area contributed by atoms with E-state index in [1.807, 2.05) is 37.3 Å². The number of nitrogens with zero attached hydrogens (tertiary/aromatic N) is 2. The van der Waals surface area contributed by atoms with Crippen molar-refractivity contribution in [2.24, 2.45) is 0 Å². The molecule has 8 heteroatoms. The average molecular weight is 460 g/mol. The topological polar surface area (TPSA) is 86.8 Å². The smallest absolute Gasteiger partial charge is 0.242 e. The van der Waals surface area contributed by atoms with Gasteiger partial charge in [0.25, 0.3) is 0 Å². The van der Waals surface area contributed by atoms with Crippen LogP contribution in [0.2, 0.25) is 0 Å². The van der Waals surface area contributed by atoms with Gasteiger partial charge in [0, 0.05) is 33.1 Å². The minimum Gasteiger partial charge on any atom is -0.355 e. The Labute approximate surface area is 191 Å². The van der Waals surface area contributed by atoms with Crippen LogP contribution in [0.1, 0.15) is 32.3 Å². The summed E-state index contributed by atoms with van der Waals surface area (Å²) in [5, 5.41) is 2.77.